The molecular formula is C15H15BrN4. The normalized spacial score (nSPS) is 10.9. The molecule has 3 aromatic rings. The van der Waals surface area contributed by atoms with Crippen molar-refractivity contribution in [2.75, 3.05) is 11.9 Å². The molecule has 0 aliphatic heterocycles. The average Bonchev–Trinajstić information content (AvgIpc) is 2.89. The molecule has 0 amide bonds. The molecule has 3 rings (SSSR count). The van der Waals surface area contributed by atoms with E-state index in [4.69, 9.17) is 0 Å². The van der Waals surface area contributed by atoms with Crippen LogP contribution in [0.15, 0.2) is 41.1 Å². The van der Waals surface area contributed by atoms with E-state index in [1.165, 1.54) is 5.56 Å². The summed E-state index contributed by atoms with van der Waals surface area (Å²) in [6, 6.07) is 10.3. The molecule has 0 fully saturated rings. The maximum atomic E-state index is 4.58. The summed E-state index contributed by atoms with van der Waals surface area (Å²) < 4.78 is 1.04. The third kappa shape index (κ3) is 2.54. The number of fused-ring (bicyclic) bond motifs is 1. The van der Waals surface area contributed by atoms with Crippen LogP contribution in [0.4, 0.5) is 5.82 Å². The van der Waals surface area contributed by atoms with Gasteiger partial charge in [-0.05, 0) is 52.7 Å². The summed E-state index contributed by atoms with van der Waals surface area (Å²) in [6.07, 6.45) is 1.72. The zero-order valence-electron chi connectivity index (χ0n) is 11.4. The number of anilines is 1. The van der Waals surface area contributed by atoms with Gasteiger partial charge >= 0.3 is 0 Å². The monoisotopic (exact) mass is 330 g/mol. The van der Waals surface area contributed by atoms with Crippen molar-refractivity contribution in [2.24, 2.45) is 0 Å². The molecule has 0 bridgehead atoms. The molecule has 2 aromatic heterocycles. The molecule has 20 heavy (non-hydrogen) atoms. The molecule has 1 N–H and O–H groups in total. The second-order valence-corrected chi connectivity index (χ2v) is 5.70. The van der Waals surface area contributed by atoms with Crippen molar-refractivity contribution < 1.29 is 0 Å². The molecular weight excluding hydrogens is 316 g/mol. The van der Waals surface area contributed by atoms with Gasteiger partial charge in [0, 0.05) is 18.1 Å². The molecule has 0 atom stereocenters. The minimum absolute atomic E-state index is 0.809. The summed E-state index contributed by atoms with van der Waals surface area (Å²) in [5.74, 6) is 0.968. The van der Waals surface area contributed by atoms with Crippen LogP contribution in [-0.4, -0.2) is 22.0 Å². The van der Waals surface area contributed by atoms with Gasteiger partial charge < -0.3 is 9.88 Å². The van der Waals surface area contributed by atoms with Gasteiger partial charge in [-0.25, -0.2) is 9.97 Å². The molecule has 0 unspecified atom stereocenters. The van der Waals surface area contributed by atoms with E-state index < -0.39 is 0 Å². The first-order valence-corrected chi connectivity index (χ1v) is 7.19. The van der Waals surface area contributed by atoms with E-state index >= 15 is 0 Å². The molecule has 102 valence electrons. The quantitative estimate of drug-likeness (QED) is 0.796. The minimum atomic E-state index is 0.809. The maximum absolute atomic E-state index is 4.58. The predicted molar refractivity (Wildman–Crippen MR) is 84.9 cm³/mol. The molecule has 0 radical (unpaired) electrons. The largest absolute Gasteiger partial charge is 0.355 e. The number of halogens is 1. The minimum Gasteiger partial charge on any atom is -0.355 e. The van der Waals surface area contributed by atoms with Crippen LogP contribution in [0.1, 0.15) is 11.3 Å². The fourth-order valence-electron chi connectivity index (χ4n) is 2.18. The Labute approximate surface area is 126 Å². The van der Waals surface area contributed by atoms with Gasteiger partial charge in [-0.3, -0.25) is 0 Å². The number of hydrogen-bond donors (Lipinski definition) is 1. The van der Waals surface area contributed by atoms with Crippen LogP contribution in [0.5, 0.6) is 0 Å². The van der Waals surface area contributed by atoms with E-state index in [9.17, 15) is 0 Å². The Hall–Kier alpha value is -1.88. The van der Waals surface area contributed by atoms with Crippen molar-refractivity contribution in [2.45, 2.75) is 13.5 Å². The van der Waals surface area contributed by atoms with Crippen molar-refractivity contribution in [1.82, 2.24) is 15.0 Å². The number of aryl methyl sites for hydroxylation is 1. The number of rotatable bonds is 3. The Bertz CT molecular complexity index is 750. The average molecular weight is 331 g/mol. The molecule has 5 heteroatoms. The van der Waals surface area contributed by atoms with E-state index in [-0.39, 0.29) is 0 Å². The topological polar surface area (TPSA) is 44.8 Å². The van der Waals surface area contributed by atoms with Gasteiger partial charge in [-0.15, -0.1) is 0 Å². The molecule has 0 aliphatic rings. The molecule has 0 saturated heterocycles. The van der Waals surface area contributed by atoms with Crippen molar-refractivity contribution in [1.29, 1.82) is 0 Å². The first-order valence-electron chi connectivity index (χ1n) is 6.40. The highest BCUT2D eigenvalue weighted by Gasteiger charge is 2.06. The number of benzene rings is 1. The SMILES string of the molecule is Cc1nc(N(C)Cc2ccc3nc[nH]c3c2)ccc1Br. The Morgan fingerprint density at radius 3 is 2.90 bits per heavy atom. The number of aromatic amines is 1. The lowest BCUT2D eigenvalue weighted by atomic mass is 10.2. The van der Waals surface area contributed by atoms with Crippen LogP contribution in [0.25, 0.3) is 11.0 Å². The Balaban J connectivity index is 1.83. The second-order valence-electron chi connectivity index (χ2n) is 4.85. The number of imidazole rings is 1. The lowest BCUT2D eigenvalue weighted by Crippen LogP contribution is -2.17. The van der Waals surface area contributed by atoms with Gasteiger partial charge in [0.1, 0.15) is 5.82 Å². The summed E-state index contributed by atoms with van der Waals surface area (Å²) in [4.78, 5) is 14.1. The zero-order chi connectivity index (χ0) is 14.1. The van der Waals surface area contributed by atoms with E-state index in [2.05, 4.69) is 47.9 Å². The first-order chi connectivity index (χ1) is 9.63. The third-order valence-corrected chi connectivity index (χ3v) is 4.14. The zero-order valence-corrected chi connectivity index (χ0v) is 13.0. The molecule has 0 aliphatic carbocycles. The fourth-order valence-corrected chi connectivity index (χ4v) is 2.40. The van der Waals surface area contributed by atoms with Gasteiger partial charge in [0.15, 0.2) is 0 Å². The van der Waals surface area contributed by atoms with Gasteiger partial charge in [-0.1, -0.05) is 6.07 Å². The van der Waals surface area contributed by atoms with E-state index in [0.29, 0.717) is 0 Å². The number of nitrogens with zero attached hydrogens (tertiary/aromatic N) is 3. The predicted octanol–water partition coefficient (Wildman–Crippen LogP) is 3.67. The summed E-state index contributed by atoms with van der Waals surface area (Å²) in [5.41, 5.74) is 4.29. The van der Waals surface area contributed by atoms with Gasteiger partial charge in [0.25, 0.3) is 0 Å². The number of aromatic nitrogens is 3. The van der Waals surface area contributed by atoms with E-state index in [0.717, 1.165) is 33.6 Å². The summed E-state index contributed by atoms with van der Waals surface area (Å²) in [7, 11) is 2.05. The van der Waals surface area contributed by atoms with Crippen molar-refractivity contribution in [3.63, 3.8) is 0 Å². The van der Waals surface area contributed by atoms with E-state index in [1.54, 1.807) is 6.33 Å². The summed E-state index contributed by atoms with van der Waals surface area (Å²) >= 11 is 3.48. The van der Waals surface area contributed by atoms with Crippen LogP contribution in [0.3, 0.4) is 0 Å². The maximum Gasteiger partial charge on any atom is 0.128 e. The third-order valence-electron chi connectivity index (χ3n) is 3.30. The lowest BCUT2D eigenvalue weighted by molar-refractivity contribution is 0.892. The highest BCUT2D eigenvalue weighted by Crippen LogP contribution is 2.20. The molecule has 0 saturated carbocycles. The number of hydrogen-bond acceptors (Lipinski definition) is 3. The highest BCUT2D eigenvalue weighted by molar-refractivity contribution is 9.10. The summed E-state index contributed by atoms with van der Waals surface area (Å²) in [5, 5.41) is 0. The van der Waals surface area contributed by atoms with Gasteiger partial charge in [0.2, 0.25) is 0 Å². The Kier molecular flexibility index (Phi) is 3.44. The first kappa shape index (κ1) is 13.1. The van der Waals surface area contributed by atoms with Crippen LogP contribution in [0, 0.1) is 6.92 Å². The van der Waals surface area contributed by atoms with Crippen LogP contribution >= 0.6 is 15.9 Å². The standard InChI is InChI=1S/C15H15BrN4/c1-10-12(16)4-6-15(19-10)20(2)8-11-3-5-13-14(7-11)18-9-17-13/h3-7,9H,8H2,1-2H3,(H,17,18). The fraction of sp³-hybridized carbons (Fsp3) is 0.200. The van der Waals surface area contributed by atoms with E-state index in [1.807, 2.05) is 32.2 Å². The van der Waals surface area contributed by atoms with Gasteiger partial charge in [-0.2, -0.15) is 0 Å². The Morgan fingerprint density at radius 2 is 2.10 bits per heavy atom. The lowest BCUT2D eigenvalue weighted by Gasteiger charge is -2.19. The smallest absolute Gasteiger partial charge is 0.128 e. The van der Waals surface area contributed by atoms with Crippen molar-refractivity contribution >= 4 is 32.8 Å². The van der Waals surface area contributed by atoms with Gasteiger partial charge in [0.05, 0.1) is 23.1 Å². The molecule has 4 nitrogen and oxygen atoms in total. The van der Waals surface area contributed by atoms with Crippen LogP contribution in [0.2, 0.25) is 0 Å². The Morgan fingerprint density at radius 1 is 1.25 bits per heavy atom. The molecule has 0 spiro atoms. The second kappa shape index (κ2) is 5.25. The highest BCUT2D eigenvalue weighted by atomic mass is 79.9. The number of pyridine rings is 1. The van der Waals surface area contributed by atoms with Crippen LogP contribution in [-0.2, 0) is 6.54 Å². The summed E-state index contributed by atoms with van der Waals surface area (Å²) in [6.45, 7) is 2.81. The van der Waals surface area contributed by atoms with Crippen molar-refractivity contribution in [3.8, 4) is 0 Å². The van der Waals surface area contributed by atoms with Crippen LogP contribution < -0.4 is 4.90 Å². The van der Waals surface area contributed by atoms with Crippen molar-refractivity contribution in [3.05, 3.63) is 52.4 Å². The number of nitrogens with one attached hydrogen (secondary N) is 1. The molecule has 2 heterocycles. The number of H-pyrrole nitrogens is 1. The molecule has 1 aromatic carbocycles.